The number of aliphatic hydroxyl groups excluding tert-OH is 1. The van der Waals surface area contributed by atoms with Crippen molar-refractivity contribution in [1.29, 1.82) is 0 Å². The summed E-state index contributed by atoms with van der Waals surface area (Å²) in [6.07, 6.45) is -0.987. The number of hydrogen-bond acceptors (Lipinski definition) is 3. The number of anilines is 1. The third-order valence-electron chi connectivity index (χ3n) is 2.81. The molecule has 1 aromatic carbocycles. The minimum Gasteiger partial charge on any atom is -0.378 e. The zero-order valence-electron chi connectivity index (χ0n) is 10.3. The monoisotopic (exact) mass is 251 g/mol. The zero-order valence-corrected chi connectivity index (χ0v) is 11.1. The van der Waals surface area contributed by atoms with Gasteiger partial charge < -0.3 is 10.0 Å². The van der Waals surface area contributed by atoms with Crippen LogP contribution < -0.4 is 4.90 Å². The average Bonchev–Trinajstić information content (AvgIpc) is 2.52. The number of fused-ring (bicyclic) bond motifs is 1. The molecule has 0 radical (unpaired) electrons. The van der Waals surface area contributed by atoms with Gasteiger partial charge in [0.25, 0.3) is 5.91 Å². The first-order valence-corrected chi connectivity index (χ1v) is 6.71. The Labute approximate surface area is 106 Å². The number of likely N-dealkylation sites (N-methyl/N-ethyl adjacent to an activating group) is 1. The Morgan fingerprint density at radius 3 is 2.82 bits per heavy atom. The Morgan fingerprint density at radius 2 is 2.18 bits per heavy atom. The molecule has 3 nitrogen and oxygen atoms in total. The largest absolute Gasteiger partial charge is 0.378 e. The zero-order chi connectivity index (χ0) is 12.6. The van der Waals surface area contributed by atoms with Crippen molar-refractivity contribution in [2.45, 2.75) is 24.8 Å². The lowest BCUT2D eigenvalue weighted by Gasteiger charge is -2.11. The van der Waals surface area contributed by atoms with Crippen molar-refractivity contribution in [2.24, 2.45) is 5.92 Å². The number of nitrogens with zero attached hydrogens (tertiary/aromatic N) is 1. The second-order valence-electron chi connectivity index (χ2n) is 4.73. The highest BCUT2D eigenvalue weighted by Crippen LogP contribution is 2.37. The van der Waals surface area contributed by atoms with Gasteiger partial charge in [-0.3, -0.25) is 4.79 Å². The van der Waals surface area contributed by atoms with Gasteiger partial charge in [0.2, 0.25) is 0 Å². The van der Waals surface area contributed by atoms with Crippen LogP contribution in [0.4, 0.5) is 5.69 Å². The summed E-state index contributed by atoms with van der Waals surface area (Å²) in [7, 11) is 1.70. The molecule has 92 valence electrons. The van der Waals surface area contributed by atoms with Crippen molar-refractivity contribution in [3.63, 3.8) is 0 Å². The summed E-state index contributed by atoms with van der Waals surface area (Å²) in [6.45, 7) is 4.36. The van der Waals surface area contributed by atoms with E-state index in [2.05, 4.69) is 13.8 Å². The summed E-state index contributed by atoms with van der Waals surface area (Å²) in [6, 6.07) is 5.81. The van der Waals surface area contributed by atoms with Crippen molar-refractivity contribution < 1.29 is 9.90 Å². The summed E-state index contributed by atoms with van der Waals surface area (Å²) in [5.74, 6) is 1.45. The fraction of sp³-hybridized carbons (Fsp3) is 0.462. The second-order valence-corrected chi connectivity index (χ2v) is 5.82. The number of amides is 1. The molecule has 0 bridgehead atoms. The number of rotatable bonds is 3. The molecule has 1 N–H and O–H groups in total. The summed E-state index contributed by atoms with van der Waals surface area (Å²) in [5.41, 5.74) is 1.54. The van der Waals surface area contributed by atoms with Gasteiger partial charge >= 0.3 is 0 Å². The molecule has 1 aliphatic heterocycles. The average molecular weight is 251 g/mol. The van der Waals surface area contributed by atoms with E-state index in [1.165, 1.54) is 4.90 Å². The summed E-state index contributed by atoms with van der Waals surface area (Å²) >= 11 is 1.78. The van der Waals surface area contributed by atoms with Gasteiger partial charge in [0.05, 0.1) is 5.69 Å². The molecule has 0 saturated carbocycles. The van der Waals surface area contributed by atoms with Crippen molar-refractivity contribution in [2.75, 3.05) is 17.7 Å². The smallest absolute Gasteiger partial charge is 0.260 e. The highest BCUT2D eigenvalue weighted by Gasteiger charge is 2.33. The normalized spacial score (nSPS) is 19.0. The van der Waals surface area contributed by atoms with Crippen LogP contribution >= 0.6 is 11.8 Å². The summed E-state index contributed by atoms with van der Waals surface area (Å²) in [5, 5.41) is 9.73. The molecule has 2 rings (SSSR count). The van der Waals surface area contributed by atoms with Crippen LogP contribution in [-0.4, -0.2) is 23.8 Å². The lowest BCUT2D eigenvalue weighted by Crippen LogP contribution is -2.23. The fourth-order valence-electron chi connectivity index (χ4n) is 1.83. The molecule has 1 heterocycles. The predicted molar refractivity (Wildman–Crippen MR) is 70.4 cm³/mol. The third-order valence-corrected chi connectivity index (χ3v) is 4.23. The van der Waals surface area contributed by atoms with Gasteiger partial charge in [-0.1, -0.05) is 19.9 Å². The van der Waals surface area contributed by atoms with E-state index in [0.29, 0.717) is 11.5 Å². The number of carbonyl (C=O) groups excluding carboxylic acids is 1. The predicted octanol–water partition coefficient (Wildman–Crippen LogP) is 2.44. The molecule has 1 aromatic rings. The number of carbonyl (C=O) groups is 1. The molecule has 1 aliphatic rings. The topological polar surface area (TPSA) is 40.5 Å². The Bertz CT molecular complexity index is 445. The van der Waals surface area contributed by atoms with Gasteiger partial charge in [-0.15, -0.1) is 11.8 Å². The van der Waals surface area contributed by atoms with Crippen LogP contribution in [0, 0.1) is 5.92 Å². The van der Waals surface area contributed by atoms with E-state index < -0.39 is 6.10 Å². The highest BCUT2D eigenvalue weighted by molar-refractivity contribution is 7.99. The van der Waals surface area contributed by atoms with Gasteiger partial charge in [-0.2, -0.15) is 0 Å². The first-order valence-electron chi connectivity index (χ1n) is 5.73. The van der Waals surface area contributed by atoms with E-state index >= 15 is 0 Å². The minimum absolute atomic E-state index is 0.244. The number of aliphatic hydroxyl groups is 1. The van der Waals surface area contributed by atoms with Gasteiger partial charge in [0, 0.05) is 23.3 Å². The number of hydrogen-bond donors (Lipinski definition) is 1. The molecule has 1 amide bonds. The maximum absolute atomic E-state index is 11.6. The molecule has 0 spiro atoms. The van der Waals surface area contributed by atoms with Crippen LogP contribution in [0.2, 0.25) is 0 Å². The Balaban J connectivity index is 2.24. The molecule has 0 aromatic heterocycles. The van der Waals surface area contributed by atoms with Crippen molar-refractivity contribution in [3.8, 4) is 0 Å². The molecule has 0 aliphatic carbocycles. The summed E-state index contributed by atoms with van der Waals surface area (Å²) < 4.78 is 0. The van der Waals surface area contributed by atoms with Crippen LogP contribution in [-0.2, 0) is 4.79 Å². The molecule has 0 saturated heterocycles. The SMILES string of the molecule is CC(C)CSc1ccc2c(c1)N(C)C(=O)C2O. The van der Waals surface area contributed by atoms with E-state index in [1.54, 1.807) is 18.8 Å². The van der Waals surface area contributed by atoms with Crippen LogP contribution in [0.15, 0.2) is 23.1 Å². The van der Waals surface area contributed by atoms with Crippen LogP contribution in [0.1, 0.15) is 25.5 Å². The highest BCUT2D eigenvalue weighted by atomic mass is 32.2. The van der Waals surface area contributed by atoms with Crippen LogP contribution in [0.25, 0.3) is 0 Å². The first kappa shape index (κ1) is 12.5. The van der Waals surface area contributed by atoms with E-state index in [9.17, 15) is 9.90 Å². The molecule has 1 atom stereocenters. The first-order chi connectivity index (χ1) is 8.00. The van der Waals surface area contributed by atoms with Gasteiger partial charge in [0.1, 0.15) is 0 Å². The quantitative estimate of drug-likeness (QED) is 0.839. The fourth-order valence-corrected chi connectivity index (χ4v) is 2.72. The number of benzene rings is 1. The maximum Gasteiger partial charge on any atom is 0.260 e. The van der Waals surface area contributed by atoms with E-state index in [-0.39, 0.29) is 5.91 Å². The molecule has 1 unspecified atom stereocenters. The van der Waals surface area contributed by atoms with Crippen LogP contribution in [0.5, 0.6) is 0 Å². The summed E-state index contributed by atoms with van der Waals surface area (Å²) in [4.78, 5) is 14.3. The van der Waals surface area contributed by atoms with Gasteiger partial charge in [-0.25, -0.2) is 0 Å². The van der Waals surface area contributed by atoms with Crippen molar-refractivity contribution >= 4 is 23.4 Å². The van der Waals surface area contributed by atoms with Crippen molar-refractivity contribution in [3.05, 3.63) is 23.8 Å². The second kappa shape index (κ2) is 4.70. The molecule has 0 fully saturated rings. The maximum atomic E-state index is 11.6. The minimum atomic E-state index is -0.987. The Kier molecular flexibility index (Phi) is 3.45. The molecular weight excluding hydrogens is 234 g/mol. The lowest BCUT2D eigenvalue weighted by molar-refractivity contribution is -0.125. The van der Waals surface area contributed by atoms with Crippen LogP contribution in [0.3, 0.4) is 0 Å². The number of thioether (sulfide) groups is 1. The Hall–Kier alpha value is -1.00. The third kappa shape index (κ3) is 2.33. The van der Waals surface area contributed by atoms with E-state index in [0.717, 1.165) is 16.3 Å². The lowest BCUT2D eigenvalue weighted by atomic mass is 10.1. The molecule has 17 heavy (non-hydrogen) atoms. The van der Waals surface area contributed by atoms with E-state index in [1.807, 2.05) is 18.2 Å². The molecule has 4 heteroatoms. The van der Waals surface area contributed by atoms with E-state index in [4.69, 9.17) is 0 Å². The van der Waals surface area contributed by atoms with Crippen molar-refractivity contribution in [1.82, 2.24) is 0 Å². The van der Waals surface area contributed by atoms with Gasteiger partial charge in [0.15, 0.2) is 6.10 Å². The Morgan fingerprint density at radius 1 is 1.47 bits per heavy atom. The molecular formula is C13H17NO2S. The standard InChI is InChI=1S/C13H17NO2S/c1-8(2)7-17-9-4-5-10-11(6-9)14(3)13(16)12(10)15/h4-6,8,12,15H,7H2,1-3H3. The van der Waals surface area contributed by atoms with Gasteiger partial charge in [-0.05, 0) is 18.1 Å².